The van der Waals surface area contributed by atoms with Crippen LogP contribution in [0.5, 0.6) is 0 Å². The Morgan fingerprint density at radius 1 is 1.40 bits per heavy atom. The van der Waals surface area contributed by atoms with Crippen LogP contribution in [0.1, 0.15) is 57.3 Å². The maximum Gasteiger partial charge on any atom is 0.315 e. The molecule has 110 valence electrons. The van der Waals surface area contributed by atoms with Gasteiger partial charge in [0.25, 0.3) is 0 Å². The van der Waals surface area contributed by atoms with E-state index in [-0.39, 0.29) is 6.03 Å². The van der Waals surface area contributed by atoms with Gasteiger partial charge in [-0.05, 0) is 47.9 Å². The Morgan fingerprint density at radius 3 is 2.80 bits per heavy atom. The third-order valence-corrected chi connectivity index (χ3v) is 4.65. The number of hydrogen-bond donors (Lipinski definition) is 2. The van der Waals surface area contributed by atoms with E-state index in [0.29, 0.717) is 18.0 Å². The molecule has 2 fully saturated rings. The summed E-state index contributed by atoms with van der Waals surface area (Å²) in [6.45, 7) is 3.35. The van der Waals surface area contributed by atoms with Crippen molar-refractivity contribution in [2.75, 3.05) is 6.54 Å². The summed E-state index contributed by atoms with van der Waals surface area (Å²) in [7, 11) is 0. The van der Waals surface area contributed by atoms with Crippen LogP contribution >= 0.6 is 0 Å². The van der Waals surface area contributed by atoms with Crippen molar-refractivity contribution in [1.82, 2.24) is 30.8 Å². The average Bonchev–Trinajstić information content (AvgIpc) is 3.15. The first-order chi connectivity index (χ1) is 9.72. The number of carbonyl (C=O) groups is 1. The van der Waals surface area contributed by atoms with Crippen LogP contribution in [0, 0.1) is 5.41 Å². The van der Waals surface area contributed by atoms with E-state index in [1.165, 1.54) is 19.3 Å². The van der Waals surface area contributed by atoms with E-state index < -0.39 is 0 Å². The second-order valence-electron chi connectivity index (χ2n) is 6.01. The molecule has 7 nitrogen and oxygen atoms in total. The summed E-state index contributed by atoms with van der Waals surface area (Å²) in [6, 6.07) is 0.304. The molecule has 1 heterocycles. The number of hydrogen-bond acceptors (Lipinski definition) is 4. The van der Waals surface area contributed by atoms with E-state index in [9.17, 15) is 4.79 Å². The predicted molar refractivity (Wildman–Crippen MR) is 72.9 cm³/mol. The van der Waals surface area contributed by atoms with Crippen molar-refractivity contribution < 1.29 is 4.79 Å². The van der Waals surface area contributed by atoms with E-state index in [1.807, 2.05) is 4.68 Å². The molecule has 0 radical (unpaired) electrons. The van der Waals surface area contributed by atoms with Gasteiger partial charge in [-0.2, -0.15) is 0 Å². The molecule has 0 aromatic carbocycles. The monoisotopic (exact) mass is 278 g/mol. The molecule has 20 heavy (non-hydrogen) atoms. The van der Waals surface area contributed by atoms with Crippen LogP contribution in [-0.4, -0.2) is 32.8 Å². The standard InChI is InChI=1S/C13H22N6O/c1-2-13(6-3-7-13)9-15-12(20)14-8-11-16-17-18-19(11)10-4-5-10/h10H,2-9H2,1H3,(H2,14,15,20). The quantitative estimate of drug-likeness (QED) is 0.823. The number of carbonyl (C=O) groups excluding carboxylic acids is 1. The van der Waals surface area contributed by atoms with Crippen LogP contribution in [0.25, 0.3) is 0 Å². The lowest BCUT2D eigenvalue weighted by Crippen LogP contribution is -2.45. The lowest BCUT2D eigenvalue weighted by molar-refractivity contribution is 0.126. The Balaban J connectivity index is 1.43. The molecule has 1 aromatic heterocycles. The number of nitrogens with zero attached hydrogens (tertiary/aromatic N) is 4. The van der Waals surface area contributed by atoms with Gasteiger partial charge in [0.1, 0.15) is 0 Å². The van der Waals surface area contributed by atoms with Gasteiger partial charge in [-0.15, -0.1) is 5.10 Å². The summed E-state index contributed by atoms with van der Waals surface area (Å²) < 4.78 is 1.82. The number of urea groups is 1. The smallest absolute Gasteiger partial charge is 0.315 e. The molecule has 2 N–H and O–H groups in total. The van der Waals surface area contributed by atoms with Gasteiger partial charge in [-0.1, -0.05) is 13.3 Å². The highest BCUT2D eigenvalue weighted by Crippen LogP contribution is 2.42. The highest BCUT2D eigenvalue weighted by atomic mass is 16.2. The Labute approximate surface area is 118 Å². The Morgan fingerprint density at radius 2 is 2.20 bits per heavy atom. The third-order valence-electron chi connectivity index (χ3n) is 4.65. The first-order valence-corrected chi connectivity index (χ1v) is 7.51. The van der Waals surface area contributed by atoms with Crippen LogP contribution in [-0.2, 0) is 6.54 Å². The molecule has 2 saturated carbocycles. The van der Waals surface area contributed by atoms with Crippen molar-refractivity contribution in [3.05, 3.63) is 5.82 Å². The van der Waals surface area contributed by atoms with Crippen molar-refractivity contribution in [2.24, 2.45) is 5.41 Å². The molecule has 2 aliphatic carbocycles. The lowest BCUT2D eigenvalue weighted by Gasteiger charge is -2.41. The van der Waals surface area contributed by atoms with E-state index in [4.69, 9.17) is 0 Å². The lowest BCUT2D eigenvalue weighted by atomic mass is 9.67. The summed E-state index contributed by atoms with van der Waals surface area (Å²) in [5.41, 5.74) is 0.340. The molecule has 0 atom stereocenters. The van der Waals surface area contributed by atoms with E-state index in [1.54, 1.807) is 0 Å². The predicted octanol–water partition coefficient (Wildman–Crippen LogP) is 1.39. The molecule has 0 bridgehead atoms. The molecule has 0 aliphatic heterocycles. The second-order valence-corrected chi connectivity index (χ2v) is 6.01. The van der Waals surface area contributed by atoms with Gasteiger partial charge in [0.05, 0.1) is 12.6 Å². The highest BCUT2D eigenvalue weighted by Gasteiger charge is 2.35. The van der Waals surface area contributed by atoms with Gasteiger partial charge >= 0.3 is 6.03 Å². The third kappa shape index (κ3) is 2.76. The van der Waals surface area contributed by atoms with Gasteiger partial charge in [-0.25, -0.2) is 9.48 Å². The fourth-order valence-electron chi connectivity index (χ4n) is 2.75. The van der Waals surface area contributed by atoms with Gasteiger partial charge in [0.15, 0.2) is 5.82 Å². The minimum Gasteiger partial charge on any atom is -0.338 e. The fraction of sp³-hybridized carbons (Fsp3) is 0.846. The number of aromatic nitrogens is 4. The van der Waals surface area contributed by atoms with Crippen molar-refractivity contribution in [3.63, 3.8) is 0 Å². The largest absolute Gasteiger partial charge is 0.338 e. The second kappa shape index (κ2) is 5.38. The van der Waals surface area contributed by atoms with Crippen LogP contribution in [0.3, 0.4) is 0 Å². The van der Waals surface area contributed by atoms with Crippen molar-refractivity contribution in [1.29, 1.82) is 0 Å². The first kappa shape index (κ1) is 13.3. The summed E-state index contributed by atoms with van der Waals surface area (Å²) in [6.07, 6.45) is 7.13. The van der Waals surface area contributed by atoms with E-state index >= 15 is 0 Å². The maximum absolute atomic E-state index is 11.8. The van der Waals surface area contributed by atoms with Crippen molar-refractivity contribution in [3.8, 4) is 0 Å². The van der Waals surface area contributed by atoms with Gasteiger partial charge in [0.2, 0.25) is 0 Å². The van der Waals surface area contributed by atoms with Crippen molar-refractivity contribution >= 4 is 6.03 Å². The van der Waals surface area contributed by atoms with Crippen molar-refractivity contribution in [2.45, 2.75) is 58.0 Å². The molecule has 1 aromatic rings. The van der Waals surface area contributed by atoms with Gasteiger partial charge in [-0.3, -0.25) is 0 Å². The zero-order chi connectivity index (χ0) is 14.0. The van der Waals surface area contributed by atoms with Crippen LogP contribution in [0.4, 0.5) is 4.79 Å². The zero-order valence-corrected chi connectivity index (χ0v) is 11.9. The normalized spacial score (nSPS) is 20.2. The first-order valence-electron chi connectivity index (χ1n) is 7.51. The zero-order valence-electron chi connectivity index (χ0n) is 11.9. The highest BCUT2D eigenvalue weighted by molar-refractivity contribution is 5.73. The fourth-order valence-corrected chi connectivity index (χ4v) is 2.75. The summed E-state index contributed by atoms with van der Waals surface area (Å²) in [4.78, 5) is 11.8. The van der Waals surface area contributed by atoms with Crippen LogP contribution < -0.4 is 10.6 Å². The van der Waals surface area contributed by atoms with E-state index in [2.05, 4.69) is 33.1 Å². The summed E-state index contributed by atoms with van der Waals surface area (Å²) in [5.74, 6) is 0.733. The molecule has 7 heteroatoms. The number of rotatable bonds is 6. The van der Waals surface area contributed by atoms with E-state index in [0.717, 1.165) is 31.6 Å². The average molecular weight is 278 g/mol. The molecule has 2 amide bonds. The van der Waals surface area contributed by atoms with Crippen LogP contribution in [0.2, 0.25) is 0 Å². The maximum atomic E-state index is 11.8. The number of tetrazole rings is 1. The Bertz CT molecular complexity index is 471. The topological polar surface area (TPSA) is 84.7 Å². The molecular weight excluding hydrogens is 256 g/mol. The molecule has 0 spiro atoms. The summed E-state index contributed by atoms with van der Waals surface area (Å²) in [5, 5.41) is 17.4. The van der Waals surface area contributed by atoms with Gasteiger partial charge in [0, 0.05) is 6.54 Å². The molecule has 0 saturated heterocycles. The minimum absolute atomic E-state index is 0.130. The molecule has 0 unspecified atom stereocenters. The SMILES string of the molecule is CCC1(CNC(=O)NCc2nnnn2C2CC2)CCC1. The Kier molecular flexibility index (Phi) is 3.58. The molecule has 3 rings (SSSR count). The van der Waals surface area contributed by atoms with Gasteiger partial charge < -0.3 is 10.6 Å². The minimum atomic E-state index is -0.130. The number of nitrogens with one attached hydrogen (secondary N) is 2. The number of amides is 2. The molecular formula is C13H22N6O. The van der Waals surface area contributed by atoms with Crippen LogP contribution in [0.15, 0.2) is 0 Å². The molecule has 2 aliphatic rings. The Hall–Kier alpha value is -1.66. The summed E-state index contributed by atoms with van der Waals surface area (Å²) >= 11 is 0.